The van der Waals surface area contributed by atoms with Crippen molar-refractivity contribution in [2.45, 2.75) is 6.92 Å². The number of ether oxygens (including phenoxy) is 1. The maximum absolute atomic E-state index is 10.9. The predicted molar refractivity (Wildman–Crippen MR) is 103 cm³/mol. The van der Waals surface area contributed by atoms with Crippen molar-refractivity contribution in [2.24, 2.45) is 5.73 Å². The van der Waals surface area contributed by atoms with Crippen LogP contribution in [-0.4, -0.2) is 32.0 Å². The SMILES string of the molecule is Cc1nc2ccc(-n3ccnc3-c3ccc(OCC(N)=O)c(Cl)c3)cc2[nH]1. The third-order valence-electron chi connectivity index (χ3n) is 4.06. The molecular formula is C19H16ClN5O2. The summed E-state index contributed by atoms with van der Waals surface area (Å²) in [7, 11) is 0. The normalized spacial score (nSPS) is 11.0. The van der Waals surface area contributed by atoms with Gasteiger partial charge in [-0.05, 0) is 43.3 Å². The van der Waals surface area contributed by atoms with Crippen molar-refractivity contribution in [2.75, 3.05) is 6.61 Å². The maximum atomic E-state index is 10.9. The molecule has 0 aliphatic heterocycles. The second kappa shape index (κ2) is 6.77. The second-order valence-corrected chi connectivity index (χ2v) is 6.45. The highest BCUT2D eigenvalue weighted by molar-refractivity contribution is 6.32. The first kappa shape index (κ1) is 17.1. The number of rotatable bonds is 5. The van der Waals surface area contributed by atoms with Crippen LogP contribution >= 0.6 is 11.6 Å². The molecule has 7 nitrogen and oxygen atoms in total. The summed E-state index contributed by atoms with van der Waals surface area (Å²) in [6.07, 6.45) is 3.61. The average Bonchev–Trinajstić information content (AvgIpc) is 3.25. The van der Waals surface area contributed by atoms with Crippen molar-refractivity contribution in [1.29, 1.82) is 0 Å². The molecule has 136 valence electrons. The molecule has 3 N–H and O–H groups in total. The first-order chi connectivity index (χ1) is 13.0. The topological polar surface area (TPSA) is 98.8 Å². The molecule has 0 aliphatic carbocycles. The zero-order valence-corrected chi connectivity index (χ0v) is 15.2. The van der Waals surface area contributed by atoms with Crippen LogP contribution in [-0.2, 0) is 4.79 Å². The zero-order chi connectivity index (χ0) is 19.0. The molecule has 0 saturated carbocycles. The quantitative estimate of drug-likeness (QED) is 0.554. The Balaban J connectivity index is 1.70. The number of carbonyl (C=O) groups is 1. The fraction of sp³-hybridized carbons (Fsp3) is 0.105. The number of hydrogen-bond donors (Lipinski definition) is 2. The number of carbonyl (C=O) groups excluding carboxylic acids is 1. The monoisotopic (exact) mass is 381 g/mol. The van der Waals surface area contributed by atoms with Gasteiger partial charge in [0, 0.05) is 23.6 Å². The van der Waals surface area contributed by atoms with Crippen LogP contribution in [0, 0.1) is 6.92 Å². The van der Waals surface area contributed by atoms with E-state index in [9.17, 15) is 4.79 Å². The molecule has 0 saturated heterocycles. The molecule has 0 aliphatic rings. The number of aromatic nitrogens is 4. The molecule has 0 bridgehead atoms. The molecule has 2 aromatic heterocycles. The van der Waals surface area contributed by atoms with Crippen LogP contribution in [0.1, 0.15) is 5.82 Å². The summed E-state index contributed by atoms with van der Waals surface area (Å²) in [6, 6.07) is 11.2. The van der Waals surface area contributed by atoms with E-state index in [2.05, 4.69) is 15.0 Å². The van der Waals surface area contributed by atoms with Gasteiger partial charge in [0.2, 0.25) is 0 Å². The van der Waals surface area contributed by atoms with Crippen LogP contribution in [0.4, 0.5) is 0 Å². The fourth-order valence-corrected chi connectivity index (χ4v) is 3.14. The summed E-state index contributed by atoms with van der Waals surface area (Å²) in [4.78, 5) is 23.0. The van der Waals surface area contributed by atoms with Gasteiger partial charge in [-0.25, -0.2) is 9.97 Å². The summed E-state index contributed by atoms with van der Waals surface area (Å²) in [5, 5.41) is 0.378. The molecule has 4 aromatic rings. The summed E-state index contributed by atoms with van der Waals surface area (Å²) in [5.74, 6) is 1.43. The number of H-pyrrole nitrogens is 1. The first-order valence-electron chi connectivity index (χ1n) is 8.22. The first-order valence-corrected chi connectivity index (χ1v) is 8.60. The van der Waals surface area contributed by atoms with Crippen LogP contribution < -0.4 is 10.5 Å². The number of nitrogens with two attached hydrogens (primary N) is 1. The molecule has 1 amide bonds. The highest BCUT2D eigenvalue weighted by atomic mass is 35.5. The Hall–Kier alpha value is -3.32. The lowest BCUT2D eigenvalue weighted by molar-refractivity contribution is -0.119. The fourth-order valence-electron chi connectivity index (χ4n) is 2.91. The van der Waals surface area contributed by atoms with Gasteiger partial charge >= 0.3 is 0 Å². The van der Waals surface area contributed by atoms with E-state index < -0.39 is 5.91 Å². The highest BCUT2D eigenvalue weighted by Gasteiger charge is 2.12. The van der Waals surface area contributed by atoms with Gasteiger partial charge in [-0.3, -0.25) is 9.36 Å². The smallest absolute Gasteiger partial charge is 0.255 e. The largest absolute Gasteiger partial charge is 0.482 e. The van der Waals surface area contributed by atoms with Gasteiger partial charge in [0.1, 0.15) is 17.4 Å². The lowest BCUT2D eigenvalue weighted by Gasteiger charge is -2.10. The van der Waals surface area contributed by atoms with Crippen molar-refractivity contribution in [3.63, 3.8) is 0 Å². The van der Waals surface area contributed by atoms with Gasteiger partial charge in [-0.15, -0.1) is 0 Å². The summed E-state index contributed by atoms with van der Waals surface area (Å²) < 4.78 is 7.25. The summed E-state index contributed by atoms with van der Waals surface area (Å²) in [6.45, 7) is 1.70. The van der Waals surface area contributed by atoms with Crippen molar-refractivity contribution < 1.29 is 9.53 Å². The number of primary amides is 1. The minimum Gasteiger partial charge on any atom is -0.482 e. The van der Waals surface area contributed by atoms with Gasteiger partial charge < -0.3 is 15.5 Å². The number of halogens is 1. The minimum absolute atomic E-state index is 0.225. The molecule has 2 heterocycles. The van der Waals surface area contributed by atoms with Crippen molar-refractivity contribution >= 4 is 28.5 Å². The lowest BCUT2D eigenvalue weighted by Crippen LogP contribution is -2.20. The molecule has 0 radical (unpaired) electrons. The lowest BCUT2D eigenvalue weighted by atomic mass is 10.2. The Morgan fingerprint density at radius 1 is 1.30 bits per heavy atom. The highest BCUT2D eigenvalue weighted by Crippen LogP contribution is 2.31. The Morgan fingerprint density at radius 2 is 2.15 bits per heavy atom. The van der Waals surface area contributed by atoms with E-state index in [1.165, 1.54) is 0 Å². The number of fused-ring (bicyclic) bond motifs is 1. The Bertz CT molecular complexity index is 1150. The van der Waals surface area contributed by atoms with Crippen molar-refractivity contribution in [3.05, 3.63) is 59.6 Å². The van der Waals surface area contributed by atoms with Gasteiger partial charge in [0.05, 0.1) is 16.1 Å². The summed E-state index contributed by atoms with van der Waals surface area (Å²) in [5.41, 5.74) is 8.73. The molecule has 27 heavy (non-hydrogen) atoms. The van der Waals surface area contributed by atoms with E-state index in [-0.39, 0.29) is 6.61 Å². The number of imidazole rings is 2. The van der Waals surface area contributed by atoms with E-state index in [0.29, 0.717) is 10.8 Å². The number of hydrogen-bond acceptors (Lipinski definition) is 4. The van der Waals surface area contributed by atoms with Crippen LogP contribution in [0.5, 0.6) is 5.75 Å². The molecular weight excluding hydrogens is 366 g/mol. The third kappa shape index (κ3) is 3.37. The molecule has 0 atom stereocenters. The maximum Gasteiger partial charge on any atom is 0.255 e. The summed E-state index contributed by atoms with van der Waals surface area (Å²) >= 11 is 6.28. The van der Waals surface area contributed by atoms with Gasteiger partial charge in [0.25, 0.3) is 5.91 Å². The van der Waals surface area contributed by atoms with E-state index in [4.69, 9.17) is 22.1 Å². The molecule has 0 unspecified atom stereocenters. The second-order valence-electron chi connectivity index (χ2n) is 6.04. The van der Waals surface area contributed by atoms with E-state index in [0.717, 1.165) is 33.9 Å². The number of nitrogens with one attached hydrogen (secondary N) is 1. The predicted octanol–water partition coefficient (Wildman–Crippen LogP) is 3.24. The van der Waals surface area contributed by atoms with Crippen molar-refractivity contribution in [3.8, 4) is 22.8 Å². The standard InChI is InChI=1S/C19H16ClN5O2/c1-11-23-15-4-3-13(9-16(15)24-11)25-7-6-22-19(25)12-2-5-17(14(20)8-12)27-10-18(21)26/h2-9H,10H2,1H3,(H2,21,26)(H,23,24). The third-order valence-corrected chi connectivity index (χ3v) is 4.36. The number of benzene rings is 2. The Kier molecular flexibility index (Phi) is 4.29. The van der Waals surface area contributed by atoms with E-state index in [1.54, 1.807) is 18.3 Å². The van der Waals surface area contributed by atoms with Gasteiger partial charge in [-0.1, -0.05) is 11.6 Å². The zero-order valence-electron chi connectivity index (χ0n) is 14.4. The Labute approximate surface area is 159 Å². The van der Waals surface area contributed by atoms with Gasteiger partial charge in [0.15, 0.2) is 6.61 Å². The van der Waals surface area contributed by atoms with Crippen LogP contribution in [0.2, 0.25) is 5.02 Å². The number of nitrogens with zero attached hydrogens (tertiary/aromatic N) is 3. The van der Waals surface area contributed by atoms with Crippen LogP contribution in [0.3, 0.4) is 0 Å². The molecule has 0 spiro atoms. The number of amides is 1. The molecule has 2 aromatic carbocycles. The molecule has 8 heteroatoms. The van der Waals surface area contributed by atoms with Crippen molar-refractivity contribution in [1.82, 2.24) is 19.5 Å². The Morgan fingerprint density at radius 3 is 2.93 bits per heavy atom. The average molecular weight is 382 g/mol. The van der Waals surface area contributed by atoms with Gasteiger partial charge in [-0.2, -0.15) is 0 Å². The number of aryl methyl sites for hydroxylation is 1. The molecule has 0 fully saturated rings. The molecule has 4 rings (SSSR count). The van der Waals surface area contributed by atoms with E-state index >= 15 is 0 Å². The van der Waals surface area contributed by atoms with Crippen LogP contribution in [0.15, 0.2) is 48.8 Å². The van der Waals surface area contributed by atoms with Crippen LogP contribution in [0.25, 0.3) is 28.1 Å². The van der Waals surface area contributed by atoms with E-state index in [1.807, 2.05) is 42.0 Å². The number of aromatic amines is 1. The minimum atomic E-state index is -0.560.